The molecule has 0 bridgehead atoms. The van der Waals surface area contributed by atoms with Gasteiger partial charge >= 0.3 is 0 Å². The number of imidazole rings is 1. The third kappa shape index (κ3) is 5.42. The number of phenolic OH excluding ortho intramolecular Hbond substituents is 2. The Hall–Kier alpha value is -9.24. The summed E-state index contributed by atoms with van der Waals surface area (Å²) in [7, 11) is 0. The molecule has 1 aliphatic heterocycles. The second kappa shape index (κ2) is 13.6. The minimum absolute atomic E-state index is 0.155. The van der Waals surface area contributed by atoms with Gasteiger partial charge in [-0.3, -0.25) is 23.5 Å². The molecule has 65 heavy (non-hydrogen) atoms. The average molecular weight is 849 g/mol. The zero-order valence-corrected chi connectivity index (χ0v) is 33.6. The number of aromatic hydroxyl groups is 2. The fourth-order valence-electron chi connectivity index (χ4n) is 9.22. The van der Waals surface area contributed by atoms with Gasteiger partial charge in [-0.2, -0.15) is 10.2 Å². The predicted octanol–water partition coefficient (Wildman–Crippen LogP) is 10.4. The van der Waals surface area contributed by atoms with E-state index in [1.54, 1.807) is 57.5 Å². The Morgan fingerprint density at radius 2 is 1.14 bits per heavy atom. The number of allylic oxidation sites excluding steroid dienone is 2. The third-order valence-electron chi connectivity index (χ3n) is 12.2. The highest BCUT2D eigenvalue weighted by Crippen LogP contribution is 2.43. The summed E-state index contributed by atoms with van der Waals surface area (Å²) in [5, 5.41) is 53.4. The van der Waals surface area contributed by atoms with Gasteiger partial charge in [-0.1, -0.05) is 72.8 Å². The van der Waals surface area contributed by atoms with Crippen molar-refractivity contribution in [2.24, 2.45) is 25.4 Å². The fraction of sp³-hybridized carbons (Fsp3) is 0.0400. The maximum atomic E-state index is 13.8. The molecule has 2 aliphatic rings. The Bertz CT molecular complexity index is 4150. The van der Waals surface area contributed by atoms with Crippen molar-refractivity contribution in [3.63, 3.8) is 0 Å². The highest BCUT2D eigenvalue weighted by molar-refractivity contribution is 6.19. The monoisotopic (exact) mass is 848 g/mol. The van der Waals surface area contributed by atoms with E-state index in [9.17, 15) is 19.8 Å². The van der Waals surface area contributed by atoms with E-state index in [0.717, 1.165) is 10.8 Å². The van der Waals surface area contributed by atoms with Crippen molar-refractivity contribution in [3.05, 3.63) is 172 Å². The fourth-order valence-corrected chi connectivity index (χ4v) is 9.22. The summed E-state index contributed by atoms with van der Waals surface area (Å²) < 4.78 is 9.33. The van der Waals surface area contributed by atoms with E-state index < -0.39 is 0 Å². The van der Waals surface area contributed by atoms with Gasteiger partial charge in [-0.05, 0) is 72.8 Å². The van der Waals surface area contributed by atoms with Gasteiger partial charge in [0, 0.05) is 43.4 Å². The topological polar surface area (TPSA) is 198 Å². The number of aromatic nitrogens is 5. The van der Waals surface area contributed by atoms with Crippen molar-refractivity contribution < 1.29 is 14.6 Å². The molecule has 2 N–H and O–H groups in total. The van der Waals surface area contributed by atoms with Gasteiger partial charge < -0.3 is 14.6 Å². The quantitative estimate of drug-likeness (QED) is 0.154. The first-order chi connectivity index (χ1) is 31.9. The predicted molar refractivity (Wildman–Crippen MR) is 246 cm³/mol. The molecule has 0 radical (unpaired) electrons. The molecule has 4 aromatic heterocycles. The van der Waals surface area contributed by atoms with Crippen molar-refractivity contribution in [3.8, 4) is 34.4 Å². The van der Waals surface area contributed by atoms with E-state index in [4.69, 9.17) is 14.4 Å². The lowest BCUT2D eigenvalue weighted by molar-refractivity contribution is 0.477. The first-order valence-corrected chi connectivity index (χ1v) is 20.6. The third-order valence-corrected chi connectivity index (χ3v) is 12.2. The Morgan fingerprint density at radius 3 is 1.80 bits per heavy atom. The van der Waals surface area contributed by atoms with E-state index in [2.05, 4.69) is 30.7 Å². The van der Waals surface area contributed by atoms with Crippen molar-refractivity contribution in [2.45, 2.75) is 12.1 Å². The normalized spacial score (nSPS) is 15.8. The molecule has 15 nitrogen and oxygen atoms in total. The molecule has 0 saturated heterocycles. The lowest BCUT2D eigenvalue weighted by Crippen LogP contribution is -2.34. The van der Waals surface area contributed by atoms with Crippen molar-refractivity contribution in [1.29, 1.82) is 0 Å². The summed E-state index contributed by atoms with van der Waals surface area (Å²) >= 11 is 0. The van der Waals surface area contributed by atoms with Crippen LogP contribution in [0.5, 0.6) is 11.5 Å². The standard InChI is InChI=1S/C50H28N10O5/c61-39-23-33-41-29(7-5-9-31(41)45-51-35-11-1-3-13-37(35)59(45)49(33)63)43(39)55-53-27-19-15-25(16-20-27)47-57-58-48(65-47)26-17-21-28(22-18-26)54-56-44-30-8-6-10-32-42(30)34(24-40(44)62)50(64)60-38-14-4-2-12-36(38)52-46(32)60/h1-24,35,37,61-62H. The van der Waals surface area contributed by atoms with Crippen LogP contribution in [0, 0.1) is 0 Å². The van der Waals surface area contributed by atoms with Crippen molar-refractivity contribution in [1.82, 2.24) is 24.1 Å². The Kier molecular flexibility index (Phi) is 7.64. The molecular formula is C50H28N10O5. The summed E-state index contributed by atoms with van der Waals surface area (Å²) in [5.41, 5.74) is 4.87. The van der Waals surface area contributed by atoms with Crippen LogP contribution in [0.15, 0.2) is 185 Å². The van der Waals surface area contributed by atoms with Crippen molar-refractivity contribution in [2.75, 3.05) is 0 Å². The molecule has 0 fully saturated rings. The van der Waals surface area contributed by atoms with Crippen LogP contribution in [0.25, 0.3) is 82.7 Å². The number of hydrogen-bond donors (Lipinski definition) is 2. The van der Waals surface area contributed by atoms with E-state index in [1.807, 2.05) is 85.0 Å². The van der Waals surface area contributed by atoms with Gasteiger partial charge in [-0.15, -0.1) is 20.4 Å². The number of rotatable bonds is 6. The summed E-state index contributed by atoms with van der Waals surface area (Å²) in [5.74, 6) is 0.257. The number of phenols is 2. The van der Waals surface area contributed by atoms with Crippen LogP contribution in [0.3, 0.4) is 0 Å². The largest absolute Gasteiger partial charge is 0.506 e. The number of nitrogens with zero attached hydrogens (tertiary/aromatic N) is 10. The van der Waals surface area contributed by atoms with Crippen LogP contribution in [-0.4, -0.2) is 40.4 Å². The van der Waals surface area contributed by atoms with Gasteiger partial charge in [0.15, 0.2) is 0 Å². The maximum Gasteiger partial charge on any atom is 0.264 e. The van der Waals surface area contributed by atoms with Crippen LogP contribution in [0.2, 0.25) is 0 Å². The average Bonchev–Trinajstić information content (AvgIpc) is 4.09. The number of hydrogen-bond acceptors (Lipinski definition) is 13. The summed E-state index contributed by atoms with van der Waals surface area (Å²) in [6, 6.07) is 35.3. The second-order valence-electron chi connectivity index (χ2n) is 15.9. The summed E-state index contributed by atoms with van der Waals surface area (Å²) in [6.45, 7) is 0. The first-order valence-electron chi connectivity index (χ1n) is 20.6. The second-order valence-corrected chi connectivity index (χ2v) is 15.9. The maximum absolute atomic E-state index is 13.8. The van der Waals surface area contributed by atoms with Crippen LogP contribution < -0.4 is 16.6 Å². The highest BCUT2D eigenvalue weighted by atomic mass is 16.4. The summed E-state index contributed by atoms with van der Waals surface area (Å²) in [4.78, 5) is 37.2. The van der Waals surface area contributed by atoms with Crippen LogP contribution in [-0.2, 0) is 0 Å². The zero-order chi connectivity index (χ0) is 43.5. The first kappa shape index (κ1) is 36.4. The van der Waals surface area contributed by atoms with Gasteiger partial charge in [0.2, 0.25) is 11.8 Å². The van der Waals surface area contributed by atoms with Gasteiger partial charge in [0.25, 0.3) is 11.1 Å². The molecule has 2 unspecified atom stereocenters. The van der Waals surface area contributed by atoms with E-state index in [0.29, 0.717) is 88.8 Å². The SMILES string of the molecule is O=c1c2cc(O)c(N=Nc3ccc(-c4nnc(-c5ccc(N=Nc6c(O)cc7c(=O)n8c9ccccc9nc8c8cccc6c78)cc5)o4)cc3)c3cccc(c4n1C1C=CC=CC1N=4)c32. The smallest absolute Gasteiger partial charge is 0.264 e. The van der Waals surface area contributed by atoms with Crippen molar-refractivity contribution >= 4 is 82.5 Å². The van der Waals surface area contributed by atoms with E-state index in [-0.39, 0.29) is 46.1 Å². The molecular weight excluding hydrogens is 821 g/mol. The lowest BCUT2D eigenvalue weighted by atomic mass is 9.99. The molecule has 15 heteroatoms. The summed E-state index contributed by atoms with van der Waals surface area (Å²) in [6.07, 6.45) is 7.82. The molecule has 0 amide bonds. The number of azo groups is 2. The minimum atomic E-state index is -0.275. The van der Waals surface area contributed by atoms with E-state index in [1.165, 1.54) is 12.1 Å². The minimum Gasteiger partial charge on any atom is -0.506 e. The molecule has 13 rings (SSSR count). The van der Waals surface area contributed by atoms with Crippen LogP contribution in [0.4, 0.5) is 22.7 Å². The molecule has 0 spiro atoms. The Balaban J connectivity index is 0.753. The van der Waals surface area contributed by atoms with Gasteiger partial charge in [0.05, 0.1) is 45.3 Å². The van der Waals surface area contributed by atoms with Gasteiger partial charge in [-0.25, -0.2) is 4.98 Å². The lowest BCUT2D eigenvalue weighted by Gasteiger charge is -2.17. The number of pyridine rings is 2. The molecule has 308 valence electrons. The molecule has 5 heterocycles. The van der Waals surface area contributed by atoms with Crippen LogP contribution >= 0.6 is 0 Å². The molecule has 7 aromatic carbocycles. The highest BCUT2D eigenvalue weighted by Gasteiger charge is 2.30. The molecule has 0 saturated carbocycles. The van der Waals surface area contributed by atoms with E-state index >= 15 is 0 Å². The van der Waals surface area contributed by atoms with Gasteiger partial charge in [0.1, 0.15) is 34.0 Å². The molecule has 11 aromatic rings. The number of fused-ring (bicyclic) bond motifs is 8. The number of para-hydroxylation sites is 2. The number of benzene rings is 7. The molecule has 1 aliphatic carbocycles. The molecule has 2 atom stereocenters. The van der Waals surface area contributed by atoms with Crippen LogP contribution in [0.1, 0.15) is 6.04 Å². The Labute approximate surface area is 364 Å². The Morgan fingerprint density at radius 1 is 0.569 bits per heavy atom. The zero-order valence-electron chi connectivity index (χ0n) is 33.6.